The first-order valence-corrected chi connectivity index (χ1v) is 5.84. The third-order valence-corrected chi connectivity index (χ3v) is 4.94. The van der Waals surface area contributed by atoms with Gasteiger partial charge in [-0.1, -0.05) is 6.92 Å². The van der Waals surface area contributed by atoms with Gasteiger partial charge < -0.3 is 0 Å². The SMILES string of the molecule is CC(C)N1C[C@]2(C)CCN(C)[C@]2(C)C1. The largest absolute Gasteiger partial charge is 0.299 e. The quantitative estimate of drug-likeness (QED) is 0.631. The molecule has 2 aliphatic rings. The summed E-state index contributed by atoms with van der Waals surface area (Å²) in [5.74, 6) is 0. The Labute approximate surface area is 88.3 Å². The lowest BCUT2D eigenvalue weighted by Crippen LogP contribution is -2.48. The Hall–Kier alpha value is -0.0800. The number of nitrogens with zero attached hydrogens (tertiary/aromatic N) is 2. The van der Waals surface area contributed by atoms with Gasteiger partial charge in [0, 0.05) is 30.1 Å². The monoisotopic (exact) mass is 196 g/mol. The van der Waals surface area contributed by atoms with Gasteiger partial charge in [-0.25, -0.2) is 0 Å². The van der Waals surface area contributed by atoms with Crippen LogP contribution in [-0.4, -0.2) is 48.1 Å². The van der Waals surface area contributed by atoms with Crippen LogP contribution in [0.4, 0.5) is 0 Å². The Morgan fingerprint density at radius 2 is 1.79 bits per heavy atom. The molecule has 0 amide bonds. The molecule has 2 aliphatic heterocycles. The fourth-order valence-corrected chi connectivity index (χ4v) is 3.22. The van der Waals surface area contributed by atoms with Gasteiger partial charge in [-0.15, -0.1) is 0 Å². The van der Waals surface area contributed by atoms with Crippen LogP contribution in [0.5, 0.6) is 0 Å². The highest BCUT2D eigenvalue weighted by molar-refractivity contribution is 5.13. The molecule has 0 bridgehead atoms. The molecule has 0 unspecified atom stereocenters. The highest BCUT2D eigenvalue weighted by Gasteiger charge is 2.57. The minimum atomic E-state index is 0.414. The lowest BCUT2D eigenvalue weighted by Gasteiger charge is -2.37. The van der Waals surface area contributed by atoms with Crippen molar-refractivity contribution in [2.24, 2.45) is 5.41 Å². The van der Waals surface area contributed by atoms with E-state index in [1.165, 1.54) is 26.1 Å². The van der Waals surface area contributed by atoms with Crippen LogP contribution in [0.3, 0.4) is 0 Å². The fourth-order valence-electron chi connectivity index (χ4n) is 3.22. The van der Waals surface area contributed by atoms with Gasteiger partial charge >= 0.3 is 0 Å². The van der Waals surface area contributed by atoms with Crippen molar-refractivity contribution in [3.05, 3.63) is 0 Å². The molecule has 2 fully saturated rings. The van der Waals surface area contributed by atoms with Crippen LogP contribution >= 0.6 is 0 Å². The second-order valence-electron chi connectivity index (χ2n) is 6.00. The molecule has 2 saturated heterocycles. The molecule has 2 heteroatoms. The maximum Gasteiger partial charge on any atom is 0.0371 e. The third-order valence-electron chi connectivity index (χ3n) is 4.94. The van der Waals surface area contributed by atoms with Crippen LogP contribution in [0, 0.1) is 5.41 Å². The minimum absolute atomic E-state index is 0.414. The fraction of sp³-hybridized carbons (Fsp3) is 1.00. The van der Waals surface area contributed by atoms with Crippen LogP contribution in [0.25, 0.3) is 0 Å². The van der Waals surface area contributed by atoms with E-state index in [4.69, 9.17) is 0 Å². The van der Waals surface area contributed by atoms with Crippen LogP contribution < -0.4 is 0 Å². The summed E-state index contributed by atoms with van der Waals surface area (Å²) in [4.78, 5) is 5.20. The lowest BCUT2D eigenvalue weighted by molar-refractivity contribution is 0.130. The molecule has 0 N–H and O–H groups in total. The van der Waals surface area contributed by atoms with Gasteiger partial charge in [0.05, 0.1) is 0 Å². The van der Waals surface area contributed by atoms with Crippen molar-refractivity contribution in [1.82, 2.24) is 9.80 Å². The summed E-state index contributed by atoms with van der Waals surface area (Å²) in [5.41, 5.74) is 0.934. The molecular weight excluding hydrogens is 172 g/mol. The number of hydrogen-bond donors (Lipinski definition) is 0. The molecule has 0 aromatic rings. The highest BCUT2D eigenvalue weighted by atomic mass is 15.3. The molecule has 0 aromatic heterocycles. The molecular formula is C12H24N2. The Morgan fingerprint density at radius 3 is 2.29 bits per heavy atom. The summed E-state index contributed by atoms with van der Waals surface area (Å²) in [5, 5.41) is 0. The van der Waals surface area contributed by atoms with E-state index in [1.807, 2.05) is 0 Å². The van der Waals surface area contributed by atoms with E-state index in [1.54, 1.807) is 0 Å². The van der Waals surface area contributed by atoms with Gasteiger partial charge in [0.2, 0.25) is 0 Å². The van der Waals surface area contributed by atoms with E-state index in [2.05, 4.69) is 44.5 Å². The van der Waals surface area contributed by atoms with Gasteiger partial charge in [-0.2, -0.15) is 0 Å². The summed E-state index contributed by atoms with van der Waals surface area (Å²) in [7, 11) is 2.29. The summed E-state index contributed by atoms with van der Waals surface area (Å²) in [6.45, 7) is 13.4. The molecule has 14 heavy (non-hydrogen) atoms. The molecule has 82 valence electrons. The first-order chi connectivity index (χ1) is 6.39. The zero-order valence-corrected chi connectivity index (χ0v) is 10.3. The first-order valence-electron chi connectivity index (χ1n) is 5.84. The molecule has 2 rings (SSSR count). The van der Waals surface area contributed by atoms with Crippen LogP contribution in [-0.2, 0) is 0 Å². The van der Waals surface area contributed by atoms with Crippen molar-refractivity contribution >= 4 is 0 Å². The number of hydrogen-bond acceptors (Lipinski definition) is 2. The van der Waals surface area contributed by atoms with Crippen molar-refractivity contribution < 1.29 is 0 Å². The number of fused-ring (bicyclic) bond motifs is 1. The third kappa shape index (κ3) is 1.17. The molecule has 2 heterocycles. The Balaban J connectivity index is 2.24. The Kier molecular flexibility index (Phi) is 2.20. The molecule has 0 spiro atoms. The van der Waals surface area contributed by atoms with Crippen molar-refractivity contribution in [2.75, 3.05) is 26.7 Å². The van der Waals surface area contributed by atoms with E-state index in [9.17, 15) is 0 Å². The number of likely N-dealkylation sites (N-methyl/N-ethyl adjacent to an activating group) is 1. The van der Waals surface area contributed by atoms with Gasteiger partial charge in [0.15, 0.2) is 0 Å². The second-order valence-corrected chi connectivity index (χ2v) is 6.00. The highest BCUT2D eigenvalue weighted by Crippen LogP contribution is 2.50. The number of rotatable bonds is 1. The van der Waals surface area contributed by atoms with E-state index < -0.39 is 0 Å². The molecule has 2 nitrogen and oxygen atoms in total. The minimum Gasteiger partial charge on any atom is -0.299 e. The lowest BCUT2D eigenvalue weighted by atomic mass is 9.75. The van der Waals surface area contributed by atoms with Gasteiger partial charge in [-0.3, -0.25) is 9.80 Å². The molecule has 0 aromatic carbocycles. The zero-order chi connectivity index (χ0) is 10.6. The van der Waals surface area contributed by atoms with Crippen molar-refractivity contribution in [3.8, 4) is 0 Å². The van der Waals surface area contributed by atoms with E-state index in [0.29, 0.717) is 17.0 Å². The summed E-state index contributed by atoms with van der Waals surface area (Å²) in [6, 6.07) is 0.697. The summed E-state index contributed by atoms with van der Waals surface area (Å²) in [6.07, 6.45) is 1.36. The first kappa shape index (κ1) is 10.4. The second kappa shape index (κ2) is 2.96. The number of likely N-dealkylation sites (tertiary alicyclic amines) is 2. The van der Waals surface area contributed by atoms with E-state index in [-0.39, 0.29) is 0 Å². The Bertz CT molecular complexity index is 238. The van der Waals surface area contributed by atoms with Crippen LogP contribution in [0.2, 0.25) is 0 Å². The van der Waals surface area contributed by atoms with E-state index in [0.717, 1.165) is 0 Å². The standard InChI is InChI=1S/C12H24N2/c1-10(2)14-8-11(3)6-7-13(5)12(11,4)9-14/h10H,6-9H2,1-5H3/t11-,12+/m0/s1. The topological polar surface area (TPSA) is 6.48 Å². The van der Waals surface area contributed by atoms with Crippen LogP contribution in [0.1, 0.15) is 34.1 Å². The summed E-state index contributed by atoms with van der Waals surface area (Å²) >= 11 is 0. The van der Waals surface area contributed by atoms with Gasteiger partial charge in [0.25, 0.3) is 0 Å². The maximum atomic E-state index is 2.63. The van der Waals surface area contributed by atoms with Crippen molar-refractivity contribution in [3.63, 3.8) is 0 Å². The summed E-state index contributed by atoms with van der Waals surface area (Å²) < 4.78 is 0. The van der Waals surface area contributed by atoms with Crippen molar-refractivity contribution in [2.45, 2.75) is 45.7 Å². The molecule has 0 radical (unpaired) electrons. The predicted molar refractivity (Wildman–Crippen MR) is 60.5 cm³/mol. The van der Waals surface area contributed by atoms with Gasteiger partial charge in [0.1, 0.15) is 0 Å². The average Bonchev–Trinajstić information content (AvgIpc) is 2.47. The smallest absolute Gasteiger partial charge is 0.0371 e. The Morgan fingerprint density at radius 1 is 1.14 bits per heavy atom. The zero-order valence-electron chi connectivity index (χ0n) is 10.3. The normalized spacial score (nSPS) is 45.0. The average molecular weight is 196 g/mol. The molecule has 0 aliphatic carbocycles. The molecule has 0 saturated carbocycles. The maximum absolute atomic E-state index is 2.63. The van der Waals surface area contributed by atoms with Gasteiger partial charge in [-0.05, 0) is 40.8 Å². The van der Waals surface area contributed by atoms with Crippen molar-refractivity contribution in [1.29, 1.82) is 0 Å². The van der Waals surface area contributed by atoms with E-state index >= 15 is 0 Å². The van der Waals surface area contributed by atoms with Crippen LogP contribution in [0.15, 0.2) is 0 Å². The predicted octanol–water partition coefficient (Wildman–Crippen LogP) is 1.81. The molecule has 2 atom stereocenters.